The molecule has 0 aliphatic carbocycles. The first-order valence-electron chi connectivity index (χ1n) is 8.87. The predicted octanol–water partition coefficient (Wildman–Crippen LogP) is 3.03. The van der Waals surface area contributed by atoms with E-state index in [9.17, 15) is 13.2 Å². The number of hydrogen-bond acceptors (Lipinski definition) is 3. The molecule has 3 rings (SSSR count). The lowest BCUT2D eigenvalue weighted by atomic mass is 10.1. The first-order chi connectivity index (χ1) is 12.4. The van der Waals surface area contributed by atoms with E-state index in [4.69, 9.17) is 0 Å². The summed E-state index contributed by atoms with van der Waals surface area (Å²) < 4.78 is 26.3. The molecular formula is C20H24N2O3S. The number of fused-ring (bicyclic) bond motifs is 1. The Labute approximate surface area is 155 Å². The van der Waals surface area contributed by atoms with Crippen molar-refractivity contribution in [2.45, 2.75) is 33.2 Å². The maximum absolute atomic E-state index is 12.8. The number of sulfonamides is 1. The molecule has 0 atom stereocenters. The van der Waals surface area contributed by atoms with Crippen molar-refractivity contribution in [1.29, 1.82) is 0 Å². The molecule has 0 bridgehead atoms. The fraction of sp³-hybridized carbons (Fsp3) is 0.350. The number of nitrogens with one attached hydrogen (secondary N) is 1. The fourth-order valence-electron chi connectivity index (χ4n) is 3.13. The lowest BCUT2D eigenvalue weighted by Crippen LogP contribution is -2.29. The monoisotopic (exact) mass is 372 g/mol. The SMILES string of the molecule is CCCS(=O)(=O)NCc1ccc2c(c1)N(C(=O)c1ccc(C)cc1)CC2. The molecule has 0 aromatic heterocycles. The Morgan fingerprint density at radius 1 is 1.15 bits per heavy atom. The van der Waals surface area contributed by atoms with Crippen LogP contribution in [0.3, 0.4) is 0 Å². The van der Waals surface area contributed by atoms with Gasteiger partial charge in [0.2, 0.25) is 10.0 Å². The molecule has 2 aromatic carbocycles. The molecular weight excluding hydrogens is 348 g/mol. The van der Waals surface area contributed by atoms with Crippen molar-refractivity contribution >= 4 is 21.6 Å². The zero-order valence-electron chi connectivity index (χ0n) is 15.2. The van der Waals surface area contributed by atoms with Crippen LogP contribution >= 0.6 is 0 Å². The summed E-state index contributed by atoms with van der Waals surface area (Å²) in [5.74, 6) is 0.100. The van der Waals surface area contributed by atoms with Crippen molar-refractivity contribution in [2.24, 2.45) is 0 Å². The molecule has 0 spiro atoms. The van der Waals surface area contributed by atoms with Crippen LogP contribution in [0.15, 0.2) is 42.5 Å². The molecule has 0 saturated carbocycles. The van der Waals surface area contributed by atoms with Crippen LogP contribution in [0.1, 0.15) is 40.4 Å². The first-order valence-corrected chi connectivity index (χ1v) is 10.5. The third-order valence-electron chi connectivity index (χ3n) is 4.56. The molecule has 0 unspecified atom stereocenters. The molecule has 2 aromatic rings. The Kier molecular flexibility index (Phi) is 5.44. The molecule has 138 valence electrons. The summed E-state index contributed by atoms with van der Waals surface area (Å²) >= 11 is 0. The number of nitrogens with zero attached hydrogens (tertiary/aromatic N) is 1. The zero-order valence-corrected chi connectivity index (χ0v) is 16.0. The van der Waals surface area contributed by atoms with E-state index in [0.29, 0.717) is 18.5 Å². The Morgan fingerprint density at radius 2 is 1.88 bits per heavy atom. The second kappa shape index (κ2) is 7.60. The van der Waals surface area contributed by atoms with E-state index in [1.807, 2.05) is 56.3 Å². The first kappa shape index (κ1) is 18.6. The molecule has 0 fully saturated rings. The van der Waals surface area contributed by atoms with E-state index in [1.54, 1.807) is 4.90 Å². The van der Waals surface area contributed by atoms with E-state index in [-0.39, 0.29) is 18.2 Å². The minimum atomic E-state index is -3.25. The number of hydrogen-bond donors (Lipinski definition) is 1. The van der Waals surface area contributed by atoms with Gasteiger partial charge in [-0.15, -0.1) is 0 Å². The second-order valence-electron chi connectivity index (χ2n) is 6.68. The standard InChI is InChI=1S/C20H24N2O3S/c1-3-12-26(24,25)21-14-16-6-9-17-10-11-22(19(17)13-16)20(23)18-7-4-15(2)5-8-18/h4-9,13,21H,3,10-12,14H2,1-2H3. The van der Waals surface area contributed by atoms with Crippen molar-refractivity contribution in [2.75, 3.05) is 17.2 Å². The van der Waals surface area contributed by atoms with Gasteiger partial charge in [0.1, 0.15) is 0 Å². The van der Waals surface area contributed by atoms with Crippen LogP contribution in [0, 0.1) is 6.92 Å². The third-order valence-corrected chi connectivity index (χ3v) is 6.09. The number of carbonyl (C=O) groups is 1. The van der Waals surface area contributed by atoms with Crippen LogP contribution in [0.25, 0.3) is 0 Å². The van der Waals surface area contributed by atoms with Crippen LogP contribution in [0.5, 0.6) is 0 Å². The van der Waals surface area contributed by atoms with Crippen molar-refractivity contribution in [3.05, 3.63) is 64.7 Å². The van der Waals surface area contributed by atoms with E-state index in [0.717, 1.165) is 28.8 Å². The third kappa shape index (κ3) is 4.14. The van der Waals surface area contributed by atoms with Crippen LogP contribution in [-0.4, -0.2) is 26.6 Å². The van der Waals surface area contributed by atoms with Crippen LogP contribution in [0.2, 0.25) is 0 Å². The van der Waals surface area contributed by atoms with E-state index in [1.165, 1.54) is 0 Å². The van der Waals surface area contributed by atoms with Gasteiger partial charge in [0.15, 0.2) is 0 Å². The molecule has 0 radical (unpaired) electrons. The number of benzene rings is 2. The average Bonchev–Trinajstić information content (AvgIpc) is 3.03. The molecule has 1 amide bonds. The van der Waals surface area contributed by atoms with Gasteiger partial charge in [0, 0.05) is 24.3 Å². The Balaban J connectivity index is 1.79. The highest BCUT2D eigenvalue weighted by Crippen LogP contribution is 2.30. The van der Waals surface area contributed by atoms with Crippen molar-refractivity contribution < 1.29 is 13.2 Å². The van der Waals surface area contributed by atoms with Gasteiger partial charge in [0.05, 0.1) is 5.75 Å². The Bertz CT molecular complexity index is 905. The van der Waals surface area contributed by atoms with Gasteiger partial charge in [-0.25, -0.2) is 13.1 Å². The molecule has 1 heterocycles. The average molecular weight is 372 g/mol. The number of rotatable bonds is 6. The molecule has 1 aliphatic heterocycles. The fourth-order valence-corrected chi connectivity index (χ4v) is 4.20. The summed E-state index contributed by atoms with van der Waals surface area (Å²) in [7, 11) is -3.25. The highest BCUT2D eigenvalue weighted by atomic mass is 32.2. The van der Waals surface area contributed by atoms with Crippen LogP contribution < -0.4 is 9.62 Å². The minimum Gasteiger partial charge on any atom is -0.308 e. The molecule has 6 heteroatoms. The summed E-state index contributed by atoms with van der Waals surface area (Å²) in [5.41, 5.74) is 4.63. The van der Waals surface area contributed by atoms with Gasteiger partial charge in [-0.05, 0) is 49.1 Å². The topological polar surface area (TPSA) is 66.5 Å². The Hall–Kier alpha value is -2.18. The maximum Gasteiger partial charge on any atom is 0.258 e. The van der Waals surface area contributed by atoms with Crippen molar-refractivity contribution in [1.82, 2.24) is 4.72 Å². The maximum atomic E-state index is 12.8. The van der Waals surface area contributed by atoms with Gasteiger partial charge < -0.3 is 4.90 Å². The van der Waals surface area contributed by atoms with E-state index >= 15 is 0 Å². The van der Waals surface area contributed by atoms with Crippen LogP contribution in [0.4, 0.5) is 5.69 Å². The molecule has 1 N–H and O–H groups in total. The molecule has 26 heavy (non-hydrogen) atoms. The summed E-state index contributed by atoms with van der Waals surface area (Å²) in [6.45, 7) is 4.71. The van der Waals surface area contributed by atoms with E-state index < -0.39 is 10.0 Å². The predicted molar refractivity (Wildman–Crippen MR) is 104 cm³/mol. The quantitative estimate of drug-likeness (QED) is 0.848. The van der Waals surface area contributed by atoms with Gasteiger partial charge in [-0.1, -0.05) is 36.8 Å². The summed E-state index contributed by atoms with van der Waals surface area (Å²) in [4.78, 5) is 14.6. The molecule has 5 nitrogen and oxygen atoms in total. The number of aryl methyl sites for hydroxylation is 1. The highest BCUT2D eigenvalue weighted by molar-refractivity contribution is 7.89. The smallest absolute Gasteiger partial charge is 0.258 e. The normalized spacial score (nSPS) is 13.7. The molecule has 0 saturated heterocycles. The highest BCUT2D eigenvalue weighted by Gasteiger charge is 2.25. The lowest BCUT2D eigenvalue weighted by molar-refractivity contribution is 0.0989. The van der Waals surface area contributed by atoms with Gasteiger partial charge >= 0.3 is 0 Å². The number of anilines is 1. The largest absolute Gasteiger partial charge is 0.308 e. The number of carbonyl (C=O) groups excluding carboxylic acids is 1. The van der Waals surface area contributed by atoms with Gasteiger partial charge in [0.25, 0.3) is 5.91 Å². The Morgan fingerprint density at radius 3 is 2.58 bits per heavy atom. The zero-order chi connectivity index (χ0) is 18.7. The minimum absolute atomic E-state index is 0.0209. The summed E-state index contributed by atoms with van der Waals surface area (Å²) in [5, 5.41) is 0. The van der Waals surface area contributed by atoms with Crippen molar-refractivity contribution in [3.63, 3.8) is 0 Å². The summed E-state index contributed by atoms with van der Waals surface area (Å²) in [6, 6.07) is 13.4. The van der Waals surface area contributed by atoms with Gasteiger partial charge in [-0.3, -0.25) is 4.79 Å². The van der Waals surface area contributed by atoms with Crippen molar-refractivity contribution in [3.8, 4) is 0 Å². The molecule has 1 aliphatic rings. The number of amides is 1. The lowest BCUT2D eigenvalue weighted by Gasteiger charge is -2.18. The summed E-state index contributed by atoms with van der Waals surface area (Å²) in [6.07, 6.45) is 1.40. The van der Waals surface area contributed by atoms with Gasteiger partial charge in [-0.2, -0.15) is 0 Å². The van der Waals surface area contributed by atoms with E-state index in [2.05, 4.69) is 4.72 Å². The second-order valence-corrected chi connectivity index (χ2v) is 8.60. The van der Waals surface area contributed by atoms with Crippen LogP contribution in [-0.2, 0) is 23.0 Å².